The van der Waals surface area contributed by atoms with Crippen molar-refractivity contribution in [2.24, 2.45) is 10.9 Å². The van der Waals surface area contributed by atoms with Crippen LogP contribution >= 0.6 is 0 Å². The van der Waals surface area contributed by atoms with Crippen LogP contribution in [0.1, 0.15) is 18.9 Å². The Hall–Kier alpha value is -2.70. The maximum atomic E-state index is 8.84. The van der Waals surface area contributed by atoms with Gasteiger partial charge in [0.1, 0.15) is 11.5 Å². The van der Waals surface area contributed by atoms with E-state index < -0.39 is 0 Å². The summed E-state index contributed by atoms with van der Waals surface area (Å²) in [6.07, 6.45) is 4.39. The Bertz CT molecular complexity index is 637. The number of nitrogens with zero attached hydrogens (tertiary/aromatic N) is 3. The predicted molar refractivity (Wildman–Crippen MR) is 78.1 cm³/mol. The van der Waals surface area contributed by atoms with Crippen LogP contribution in [0.15, 0.2) is 35.7 Å². The van der Waals surface area contributed by atoms with Crippen molar-refractivity contribution in [1.29, 1.82) is 0 Å². The second kappa shape index (κ2) is 6.65. The van der Waals surface area contributed by atoms with E-state index in [-0.39, 0.29) is 5.84 Å². The van der Waals surface area contributed by atoms with Crippen LogP contribution in [0.2, 0.25) is 0 Å². The molecule has 0 unspecified atom stereocenters. The number of hydrogen-bond donors (Lipinski definition) is 2. The summed E-state index contributed by atoms with van der Waals surface area (Å²) >= 11 is 0. The standard InChI is InChI=1S/C14H18N4O3/c1-3-6-18-9-11(8-16-18)21-13-7-10(20-2)4-5-12(13)14(15)17-19/h4-5,7-9,19H,3,6H2,1-2H3,(H2,15,17). The quantitative estimate of drug-likeness (QED) is 0.368. The zero-order chi connectivity index (χ0) is 15.2. The molecule has 0 amide bonds. The van der Waals surface area contributed by atoms with Gasteiger partial charge in [-0.15, -0.1) is 0 Å². The number of methoxy groups -OCH3 is 1. The summed E-state index contributed by atoms with van der Waals surface area (Å²) < 4.78 is 12.7. The molecule has 0 aliphatic carbocycles. The van der Waals surface area contributed by atoms with Gasteiger partial charge < -0.3 is 20.4 Å². The van der Waals surface area contributed by atoms with Gasteiger partial charge in [-0.3, -0.25) is 4.68 Å². The van der Waals surface area contributed by atoms with E-state index in [1.807, 2.05) is 0 Å². The molecular formula is C14H18N4O3. The topological polar surface area (TPSA) is 94.9 Å². The van der Waals surface area contributed by atoms with Crippen LogP contribution in [0.3, 0.4) is 0 Å². The highest BCUT2D eigenvalue weighted by Gasteiger charge is 2.12. The van der Waals surface area contributed by atoms with Crippen molar-refractivity contribution >= 4 is 5.84 Å². The van der Waals surface area contributed by atoms with Crippen LogP contribution in [0.5, 0.6) is 17.2 Å². The van der Waals surface area contributed by atoms with E-state index in [0.29, 0.717) is 22.8 Å². The maximum absolute atomic E-state index is 8.84. The fraction of sp³-hybridized carbons (Fsp3) is 0.286. The first-order chi connectivity index (χ1) is 10.2. The van der Waals surface area contributed by atoms with E-state index in [4.69, 9.17) is 20.4 Å². The van der Waals surface area contributed by atoms with Crippen molar-refractivity contribution in [1.82, 2.24) is 9.78 Å². The van der Waals surface area contributed by atoms with Crippen LogP contribution in [0.25, 0.3) is 0 Å². The largest absolute Gasteiger partial charge is 0.497 e. The van der Waals surface area contributed by atoms with Gasteiger partial charge in [-0.2, -0.15) is 5.10 Å². The van der Waals surface area contributed by atoms with E-state index in [1.165, 1.54) is 0 Å². The summed E-state index contributed by atoms with van der Waals surface area (Å²) in [5.41, 5.74) is 6.13. The maximum Gasteiger partial charge on any atom is 0.173 e. The Morgan fingerprint density at radius 1 is 1.43 bits per heavy atom. The Balaban J connectivity index is 2.31. The number of aryl methyl sites for hydroxylation is 1. The number of rotatable bonds is 6. The summed E-state index contributed by atoms with van der Waals surface area (Å²) in [6.45, 7) is 2.88. The summed E-state index contributed by atoms with van der Waals surface area (Å²) in [5, 5.41) is 16.0. The minimum Gasteiger partial charge on any atom is -0.497 e. The van der Waals surface area contributed by atoms with Gasteiger partial charge in [-0.05, 0) is 18.6 Å². The lowest BCUT2D eigenvalue weighted by molar-refractivity contribution is 0.318. The molecule has 0 bridgehead atoms. The van der Waals surface area contributed by atoms with Crippen LogP contribution in [0, 0.1) is 0 Å². The molecule has 1 aromatic carbocycles. The Morgan fingerprint density at radius 3 is 2.90 bits per heavy atom. The predicted octanol–water partition coefficient (Wildman–Crippen LogP) is 2.19. The molecule has 0 saturated heterocycles. The molecule has 112 valence electrons. The van der Waals surface area contributed by atoms with Crippen molar-refractivity contribution in [3.63, 3.8) is 0 Å². The normalized spacial score (nSPS) is 11.4. The van der Waals surface area contributed by atoms with Gasteiger partial charge in [0.05, 0.1) is 25.1 Å². The monoisotopic (exact) mass is 290 g/mol. The van der Waals surface area contributed by atoms with Gasteiger partial charge in [0.15, 0.2) is 11.6 Å². The third kappa shape index (κ3) is 3.44. The summed E-state index contributed by atoms with van der Waals surface area (Å²) in [5.74, 6) is 1.58. The molecule has 7 nitrogen and oxygen atoms in total. The van der Waals surface area contributed by atoms with Gasteiger partial charge in [0.2, 0.25) is 0 Å². The van der Waals surface area contributed by atoms with Crippen molar-refractivity contribution in [3.8, 4) is 17.2 Å². The lowest BCUT2D eigenvalue weighted by atomic mass is 10.1. The first kappa shape index (κ1) is 14.7. The zero-order valence-electron chi connectivity index (χ0n) is 12.0. The minimum absolute atomic E-state index is 0.0337. The lowest BCUT2D eigenvalue weighted by Gasteiger charge is -2.10. The van der Waals surface area contributed by atoms with Crippen molar-refractivity contribution in [2.45, 2.75) is 19.9 Å². The number of amidine groups is 1. The minimum atomic E-state index is -0.0337. The Morgan fingerprint density at radius 2 is 2.24 bits per heavy atom. The van der Waals surface area contributed by atoms with Gasteiger partial charge in [0.25, 0.3) is 0 Å². The number of hydrogen-bond acceptors (Lipinski definition) is 5. The summed E-state index contributed by atoms with van der Waals surface area (Å²) in [4.78, 5) is 0. The Kier molecular flexibility index (Phi) is 4.65. The number of oxime groups is 1. The summed E-state index contributed by atoms with van der Waals surface area (Å²) in [6, 6.07) is 5.05. The van der Waals surface area contributed by atoms with E-state index >= 15 is 0 Å². The molecule has 7 heteroatoms. The van der Waals surface area contributed by atoms with Crippen LogP contribution in [-0.4, -0.2) is 27.9 Å². The molecule has 0 spiro atoms. The average molecular weight is 290 g/mol. The molecule has 0 saturated carbocycles. The van der Waals surface area contributed by atoms with Crippen LogP contribution < -0.4 is 15.2 Å². The molecular weight excluding hydrogens is 272 g/mol. The van der Waals surface area contributed by atoms with Gasteiger partial charge in [0, 0.05) is 12.6 Å². The van der Waals surface area contributed by atoms with E-state index in [2.05, 4.69) is 17.2 Å². The summed E-state index contributed by atoms with van der Waals surface area (Å²) in [7, 11) is 1.56. The highest BCUT2D eigenvalue weighted by Crippen LogP contribution is 2.29. The second-order valence-corrected chi connectivity index (χ2v) is 4.39. The second-order valence-electron chi connectivity index (χ2n) is 4.39. The third-order valence-corrected chi connectivity index (χ3v) is 2.86. The molecule has 0 atom stereocenters. The molecule has 2 aromatic rings. The number of nitrogens with two attached hydrogens (primary N) is 1. The van der Waals surface area contributed by atoms with Crippen molar-refractivity contribution in [3.05, 3.63) is 36.2 Å². The van der Waals surface area contributed by atoms with Gasteiger partial charge >= 0.3 is 0 Å². The molecule has 0 fully saturated rings. The molecule has 21 heavy (non-hydrogen) atoms. The Labute approximate surface area is 122 Å². The fourth-order valence-corrected chi connectivity index (χ4v) is 1.86. The van der Waals surface area contributed by atoms with Crippen LogP contribution in [-0.2, 0) is 6.54 Å². The molecule has 1 aromatic heterocycles. The number of aromatic nitrogens is 2. The van der Waals surface area contributed by atoms with E-state index in [1.54, 1.807) is 42.4 Å². The van der Waals surface area contributed by atoms with Crippen molar-refractivity contribution in [2.75, 3.05) is 7.11 Å². The van der Waals surface area contributed by atoms with Gasteiger partial charge in [-0.1, -0.05) is 12.1 Å². The van der Waals surface area contributed by atoms with Crippen LogP contribution in [0.4, 0.5) is 0 Å². The zero-order valence-corrected chi connectivity index (χ0v) is 12.0. The van der Waals surface area contributed by atoms with E-state index in [9.17, 15) is 0 Å². The highest BCUT2D eigenvalue weighted by atomic mass is 16.5. The fourth-order valence-electron chi connectivity index (χ4n) is 1.86. The average Bonchev–Trinajstić information content (AvgIpc) is 2.94. The molecule has 0 aliphatic rings. The van der Waals surface area contributed by atoms with Gasteiger partial charge in [-0.25, -0.2) is 0 Å². The molecule has 3 N–H and O–H groups in total. The first-order valence-electron chi connectivity index (χ1n) is 6.54. The molecule has 0 radical (unpaired) electrons. The molecule has 1 heterocycles. The highest BCUT2D eigenvalue weighted by molar-refractivity contribution is 5.99. The SMILES string of the molecule is CCCn1cc(Oc2cc(OC)ccc2/C(N)=N/O)cn1. The number of benzene rings is 1. The number of ether oxygens (including phenoxy) is 2. The van der Waals surface area contributed by atoms with Crippen molar-refractivity contribution < 1.29 is 14.7 Å². The molecule has 2 rings (SSSR count). The van der Waals surface area contributed by atoms with E-state index in [0.717, 1.165) is 13.0 Å². The third-order valence-electron chi connectivity index (χ3n) is 2.86. The molecule has 0 aliphatic heterocycles. The smallest absolute Gasteiger partial charge is 0.173 e. The lowest BCUT2D eigenvalue weighted by Crippen LogP contribution is -2.14. The first-order valence-corrected chi connectivity index (χ1v) is 6.54.